The van der Waals surface area contributed by atoms with Crippen molar-refractivity contribution in [3.8, 4) is 0 Å². The zero-order chi connectivity index (χ0) is 11.8. The minimum absolute atomic E-state index is 0.542. The van der Waals surface area contributed by atoms with Gasteiger partial charge in [-0.2, -0.15) is 0 Å². The maximum atomic E-state index is 5.00. The monoisotopic (exact) mass is 242 g/mol. The van der Waals surface area contributed by atoms with E-state index in [4.69, 9.17) is 4.74 Å². The Morgan fingerprint density at radius 2 is 2.25 bits per heavy atom. The zero-order valence-electron chi connectivity index (χ0n) is 10.5. The molecule has 0 fully saturated rings. The van der Waals surface area contributed by atoms with Crippen LogP contribution in [-0.4, -0.2) is 25.2 Å². The second kappa shape index (κ2) is 7.76. The Hall–Kier alpha value is -0.450. The number of nitrogens with one attached hydrogen (secondary N) is 1. The highest BCUT2D eigenvalue weighted by molar-refractivity contribution is 7.11. The van der Waals surface area contributed by atoms with Crippen LogP contribution in [0.15, 0.2) is 6.20 Å². The first-order valence-electron chi connectivity index (χ1n) is 5.88. The molecule has 4 heteroatoms. The van der Waals surface area contributed by atoms with Crippen LogP contribution in [0.3, 0.4) is 0 Å². The van der Waals surface area contributed by atoms with E-state index in [0.29, 0.717) is 5.92 Å². The summed E-state index contributed by atoms with van der Waals surface area (Å²) in [5, 5.41) is 4.66. The molecule has 92 valence electrons. The Kier molecular flexibility index (Phi) is 6.61. The molecule has 0 saturated heterocycles. The number of methoxy groups -OCH3 is 1. The van der Waals surface area contributed by atoms with E-state index in [-0.39, 0.29) is 0 Å². The molecule has 0 aromatic carbocycles. The average Bonchev–Trinajstić information content (AvgIpc) is 2.72. The van der Waals surface area contributed by atoms with Gasteiger partial charge in [0.25, 0.3) is 0 Å². The third kappa shape index (κ3) is 5.05. The summed E-state index contributed by atoms with van der Waals surface area (Å²) in [5.74, 6) is 0.542. The molecule has 0 saturated carbocycles. The molecule has 0 aliphatic carbocycles. The lowest BCUT2D eigenvalue weighted by atomic mass is 10.2. The lowest BCUT2D eigenvalue weighted by molar-refractivity contribution is 0.192. The van der Waals surface area contributed by atoms with E-state index in [1.54, 1.807) is 7.11 Å². The van der Waals surface area contributed by atoms with Gasteiger partial charge in [-0.05, 0) is 19.4 Å². The number of ether oxygens (including phenoxy) is 1. The maximum Gasteiger partial charge on any atom is 0.0953 e. The van der Waals surface area contributed by atoms with Crippen LogP contribution in [0.5, 0.6) is 0 Å². The van der Waals surface area contributed by atoms with Crippen molar-refractivity contribution in [3.05, 3.63) is 16.1 Å². The highest BCUT2D eigenvalue weighted by Gasteiger charge is 2.04. The predicted molar refractivity (Wildman–Crippen MR) is 69.0 cm³/mol. The molecule has 0 aliphatic rings. The Balaban J connectivity index is 2.12. The Morgan fingerprint density at radius 3 is 2.88 bits per heavy atom. The van der Waals surface area contributed by atoms with Gasteiger partial charge in [-0.3, -0.25) is 0 Å². The highest BCUT2D eigenvalue weighted by atomic mass is 32.1. The van der Waals surface area contributed by atoms with Crippen molar-refractivity contribution in [2.24, 2.45) is 0 Å². The molecule has 0 aliphatic heterocycles. The molecule has 0 radical (unpaired) electrons. The SMILES string of the molecule is COCCCCNCc1cnc(C(C)C)s1. The van der Waals surface area contributed by atoms with Gasteiger partial charge in [-0.25, -0.2) is 4.98 Å². The fourth-order valence-electron chi connectivity index (χ4n) is 1.38. The molecule has 0 spiro atoms. The van der Waals surface area contributed by atoms with Gasteiger partial charge in [-0.15, -0.1) is 11.3 Å². The maximum absolute atomic E-state index is 5.00. The van der Waals surface area contributed by atoms with Crippen molar-refractivity contribution >= 4 is 11.3 Å². The first-order valence-corrected chi connectivity index (χ1v) is 6.70. The molecule has 1 N–H and O–H groups in total. The summed E-state index contributed by atoms with van der Waals surface area (Å²) in [6.45, 7) is 7.22. The van der Waals surface area contributed by atoms with Crippen LogP contribution < -0.4 is 5.32 Å². The predicted octanol–water partition coefficient (Wildman–Crippen LogP) is 2.78. The summed E-state index contributed by atoms with van der Waals surface area (Å²) in [4.78, 5) is 5.73. The molecule has 1 aromatic heterocycles. The molecule has 1 rings (SSSR count). The summed E-state index contributed by atoms with van der Waals surface area (Å²) < 4.78 is 5.00. The van der Waals surface area contributed by atoms with Gasteiger partial charge in [0.2, 0.25) is 0 Å². The smallest absolute Gasteiger partial charge is 0.0953 e. The summed E-state index contributed by atoms with van der Waals surface area (Å²) in [5.41, 5.74) is 0. The van der Waals surface area contributed by atoms with Crippen LogP contribution >= 0.6 is 11.3 Å². The second-order valence-corrected chi connectivity index (χ2v) is 5.34. The van der Waals surface area contributed by atoms with E-state index in [2.05, 4.69) is 24.1 Å². The van der Waals surface area contributed by atoms with Crippen molar-refractivity contribution in [2.45, 2.75) is 39.2 Å². The minimum atomic E-state index is 0.542. The van der Waals surface area contributed by atoms with Crippen molar-refractivity contribution in [1.29, 1.82) is 0 Å². The normalized spacial score (nSPS) is 11.2. The minimum Gasteiger partial charge on any atom is -0.385 e. The number of hydrogen-bond donors (Lipinski definition) is 1. The molecular formula is C12H22N2OS. The summed E-state index contributed by atoms with van der Waals surface area (Å²) in [7, 11) is 1.75. The number of rotatable bonds is 8. The van der Waals surface area contributed by atoms with Gasteiger partial charge >= 0.3 is 0 Å². The average molecular weight is 242 g/mol. The molecule has 1 aromatic rings. The molecule has 0 bridgehead atoms. The Bertz CT molecular complexity index is 286. The highest BCUT2D eigenvalue weighted by Crippen LogP contribution is 2.20. The van der Waals surface area contributed by atoms with Crippen molar-refractivity contribution in [1.82, 2.24) is 10.3 Å². The number of nitrogens with zero attached hydrogens (tertiary/aromatic N) is 1. The van der Waals surface area contributed by atoms with Crippen LogP contribution in [0, 0.1) is 0 Å². The third-order valence-corrected chi connectivity index (χ3v) is 3.61. The van der Waals surface area contributed by atoms with Crippen LogP contribution in [0.1, 0.15) is 42.5 Å². The lowest BCUT2D eigenvalue weighted by Crippen LogP contribution is -2.14. The molecule has 16 heavy (non-hydrogen) atoms. The molecule has 0 unspecified atom stereocenters. The summed E-state index contributed by atoms with van der Waals surface area (Å²) in [6, 6.07) is 0. The van der Waals surface area contributed by atoms with Gasteiger partial charge in [0.15, 0.2) is 0 Å². The third-order valence-electron chi connectivity index (χ3n) is 2.32. The molecule has 1 heterocycles. The molecular weight excluding hydrogens is 220 g/mol. The van der Waals surface area contributed by atoms with Gasteiger partial charge in [0.1, 0.15) is 0 Å². The standard InChI is InChI=1S/C12H22N2OS/c1-10(2)12-14-9-11(16-12)8-13-6-4-5-7-15-3/h9-10,13H,4-8H2,1-3H3. The first-order chi connectivity index (χ1) is 7.74. The Labute approximate surface area is 102 Å². The zero-order valence-corrected chi connectivity index (χ0v) is 11.3. The van der Waals surface area contributed by atoms with E-state index in [1.165, 1.54) is 16.3 Å². The molecule has 0 amide bonds. The van der Waals surface area contributed by atoms with E-state index in [9.17, 15) is 0 Å². The lowest BCUT2D eigenvalue weighted by Gasteiger charge is -2.02. The van der Waals surface area contributed by atoms with Gasteiger partial charge < -0.3 is 10.1 Å². The number of unbranched alkanes of at least 4 members (excludes halogenated alkanes) is 1. The van der Waals surface area contributed by atoms with Crippen LogP contribution in [0.25, 0.3) is 0 Å². The van der Waals surface area contributed by atoms with Gasteiger partial charge in [-0.1, -0.05) is 13.8 Å². The number of thiazole rings is 1. The molecule has 3 nitrogen and oxygen atoms in total. The van der Waals surface area contributed by atoms with E-state index in [0.717, 1.165) is 26.1 Å². The summed E-state index contributed by atoms with van der Waals surface area (Å²) in [6.07, 6.45) is 4.29. The van der Waals surface area contributed by atoms with Crippen molar-refractivity contribution in [3.63, 3.8) is 0 Å². The molecule has 0 atom stereocenters. The van der Waals surface area contributed by atoms with Crippen LogP contribution in [0.2, 0.25) is 0 Å². The largest absolute Gasteiger partial charge is 0.385 e. The van der Waals surface area contributed by atoms with Gasteiger partial charge in [0.05, 0.1) is 5.01 Å². The summed E-state index contributed by atoms with van der Waals surface area (Å²) >= 11 is 1.81. The number of hydrogen-bond acceptors (Lipinski definition) is 4. The van der Waals surface area contributed by atoms with Gasteiger partial charge in [0, 0.05) is 37.3 Å². The number of aromatic nitrogens is 1. The second-order valence-electron chi connectivity index (χ2n) is 4.20. The van der Waals surface area contributed by atoms with Crippen molar-refractivity contribution in [2.75, 3.05) is 20.3 Å². The Morgan fingerprint density at radius 1 is 1.44 bits per heavy atom. The van der Waals surface area contributed by atoms with E-state index < -0.39 is 0 Å². The van der Waals surface area contributed by atoms with E-state index in [1.807, 2.05) is 17.5 Å². The quantitative estimate of drug-likeness (QED) is 0.712. The van der Waals surface area contributed by atoms with Crippen molar-refractivity contribution < 1.29 is 4.74 Å². The van der Waals surface area contributed by atoms with Crippen LogP contribution in [-0.2, 0) is 11.3 Å². The fourth-order valence-corrected chi connectivity index (χ4v) is 2.27. The van der Waals surface area contributed by atoms with E-state index >= 15 is 0 Å². The topological polar surface area (TPSA) is 34.1 Å². The van der Waals surface area contributed by atoms with Crippen LogP contribution in [0.4, 0.5) is 0 Å². The fraction of sp³-hybridized carbons (Fsp3) is 0.750. The first kappa shape index (κ1) is 13.6.